The summed E-state index contributed by atoms with van der Waals surface area (Å²) in [5, 5.41) is 6.65. The molecule has 4 heteroatoms. The highest BCUT2D eigenvalue weighted by Crippen LogP contribution is 2.15. The second kappa shape index (κ2) is 8.15. The summed E-state index contributed by atoms with van der Waals surface area (Å²) in [6, 6.07) is 23.2. The van der Waals surface area contributed by atoms with Gasteiger partial charge in [0.25, 0.3) is 0 Å². The van der Waals surface area contributed by atoms with Crippen molar-refractivity contribution in [2.45, 2.75) is 13.1 Å². The van der Waals surface area contributed by atoms with Crippen LogP contribution in [0.3, 0.4) is 0 Å². The molecule has 2 N–H and O–H groups in total. The fourth-order valence-electron chi connectivity index (χ4n) is 2.38. The largest absolute Gasteiger partial charge is 0.381 e. The van der Waals surface area contributed by atoms with Crippen LogP contribution in [-0.2, 0) is 13.1 Å². The first-order chi connectivity index (χ1) is 11.7. The Kier molecular flexibility index (Phi) is 5.69. The smallest absolute Gasteiger partial charge is 0.125 e. The van der Waals surface area contributed by atoms with Gasteiger partial charge in [-0.1, -0.05) is 36.4 Å². The van der Waals surface area contributed by atoms with Crippen LogP contribution in [0, 0.1) is 9.39 Å². The van der Waals surface area contributed by atoms with Gasteiger partial charge in [0, 0.05) is 28.0 Å². The molecule has 3 rings (SSSR count). The molecule has 0 saturated heterocycles. The van der Waals surface area contributed by atoms with Crippen LogP contribution >= 0.6 is 22.6 Å². The summed E-state index contributed by atoms with van der Waals surface area (Å²) >= 11 is 2.31. The monoisotopic (exact) mass is 432 g/mol. The van der Waals surface area contributed by atoms with Crippen molar-refractivity contribution < 1.29 is 4.39 Å². The Morgan fingerprint density at radius 1 is 0.708 bits per heavy atom. The lowest BCUT2D eigenvalue weighted by atomic mass is 10.1. The Morgan fingerprint density at radius 2 is 1.25 bits per heavy atom. The lowest BCUT2D eigenvalue weighted by molar-refractivity contribution is 0.628. The Labute approximate surface area is 155 Å². The molecule has 24 heavy (non-hydrogen) atoms. The maximum absolute atomic E-state index is 13.1. The Hall–Kier alpha value is -2.08. The van der Waals surface area contributed by atoms with E-state index >= 15 is 0 Å². The van der Waals surface area contributed by atoms with Crippen LogP contribution in [0.4, 0.5) is 15.8 Å². The van der Waals surface area contributed by atoms with Crippen LogP contribution in [0.15, 0.2) is 72.8 Å². The summed E-state index contributed by atoms with van der Waals surface area (Å²) in [5.41, 5.74) is 4.30. The third kappa shape index (κ3) is 4.96. The highest BCUT2D eigenvalue weighted by atomic mass is 127. The van der Waals surface area contributed by atoms with Crippen LogP contribution in [0.2, 0.25) is 0 Å². The molecule has 0 saturated carbocycles. The van der Waals surface area contributed by atoms with Gasteiger partial charge >= 0.3 is 0 Å². The number of hydrogen-bond donors (Lipinski definition) is 2. The van der Waals surface area contributed by atoms with Crippen molar-refractivity contribution in [1.29, 1.82) is 0 Å². The Bertz CT molecular complexity index is 734. The van der Waals surface area contributed by atoms with Crippen molar-refractivity contribution >= 4 is 34.0 Å². The molecule has 0 aliphatic heterocycles. The first-order valence-electron chi connectivity index (χ1n) is 7.76. The molecule has 0 bridgehead atoms. The van der Waals surface area contributed by atoms with Gasteiger partial charge in [0.15, 0.2) is 0 Å². The molecule has 0 fully saturated rings. The van der Waals surface area contributed by atoms with E-state index in [1.165, 1.54) is 21.3 Å². The van der Waals surface area contributed by atoms with Gasteiger partial charge in [-0.3, -0.25) is 0 Å². The van der Waals surface area contributed by atoms with E-state index < -0.39 is 0 Å². The molecule has 0 aliphatic carbocycles. The first-order valence-corrected chi connectivity index (χ1v) is 8.84. The zero-order valence-electron chi connectivity index (χ0n) is 13.1. The zero-order chi connectivity index (χ0) is 16.8. The molecule has 0 radical (unpaired) electrons. The fourth-order valence-corrected chi connectivity index (χ4v) is 2.92. The Morgan fingerprint density at radius 3 is 1.79 bits per heavy atom. The topological polar surface area (TPSA) is 24.1 Å². The van der Waals surface area contributed by atoms with E-state index in [0.717, 1.165) is 23.5 Å². The lowest BCUT2D eigenvalue weighted by Crippen LogP contribution is -2.02. The normalized spacial score (nSPS) is 10.4. The predicted octanol–water partition coefficient (Wildman–Crippen LogP) is 5.65. The van der Waals surface area contributed by atoms with Gasteiger partial charge in [0.2, 0.25) is 0 Å². The number of hydrogen-bond acceptors (Lipinski definition) is 2. The molecule has 0 aliphatic rings. The molecule has 0 atom stereocenters. The van der Waals surface area contributed by atoms with Gasteiger partial charge in [0.1, 0.15) is 5.82 Å². The van der Waals surface area contributed by atoms with Gasteiger partial charge in [-0.05, 0) is 70.1 Å². The summed E-state index contributed by atoms with van der Waals surface area (Å²) < 4.78 is 14.4. The maximum Gasteiger partial charge on any atom is 0.125 e. The van der Waals surface area contributed by atoms with E-state index in [2.05, 4.69) is 75.7 Å². The van der Waals surface area contributed by atoms with E-state index in [1.807, 2.05) is 12.1 Å². The molecule has 122 valence electrons. The molecule has 0 unspecified atom stereocenters. The second-order valence-electron chi connectivity index (χ2n) is 5.54. The van der Waals surface area contributed by atoms with E-state index in [9.17, 15) is 4.39 Å². The van der Waals surface area contributed by atoms with Gasteiger partial charge in [0.05, 0.1) is 0 Å². The molecular formula is C20H18FIN2. The summed E-state index contributed by atoms with van der Waals surface area (Å²) in [4.78, 5) is 0. The molecule has 3 aromatic carbocycles. The van der Waals surface area contributed by atoms with Gasteiger partial charge in [-0.15, -0.1) is 0 Å². The van der Waals surface area contributed by atoms with Crippen molar-refractivity contribution in [3.63, 3.8) is 0 Å². The number of anilines is 2. The highest BCUT2D eigenvalue weighted by molar-refractivity contribution is 14.1. The van der Waals surface area contributed by atoms with Gasteiger partial charge in [-0.25, -0.2) is 4.39 Å². The molecule has 0 amide bonds. The lowest BCUT2D eigenvalue weighted by Gasteiger charge is -2.09. The summed E-state index contributed by atoms with van der Waals surface area (Å²) in [6.07, 6.45) is 0. The fraction of sp³-hybridized carbons (Fsp3) is 0.100. The van der Waals surface area contributed by atoms with Crippen molar-refractivity contribution in [2.75, 3.05) is 10.6 Å². The first kappa shape index (κ1) is 16.8. The predicted molar refractivity (Wildman–Crippen MR) is 107 cm³/mol. The number of halogens is 2. The summed E-state index contributed by atoms with van der Waals surface area (Å²) in [7, 11) is 0. The number of rotatable bonds is 6. The van der Waals surface area contributed by atoms with Crippen LogP contribution in [0.1, 0.15) is 11.1 Å². The molecular weight excluding hydrogens is 414 g/mol. The van der Waals surface area contributed by atoms with E-state index in [4.69, 9.17) is 0 Å². The average molecular weight is 432 g/mol. The quantitative estimate of drug-likeness (QED) is 0.492. The third-order valence-electron chi connectivity index (χ3n) is 3.67. The average Bonchev–Trinajstić information content (AvgIpc) is 2.59. The third-order valence-corrected chi connectivity index (χ3v) is 4.34. The molecule has 3 aromatic rings. The minimum Gasteiger partial charge on any atom is -0.381 e. The second-order valence-corrected chi connectivity index (χ2v) is 6.79. The SMILES string of the molecule is Fc1cccc(NCc2ccc(CNc3cccc(I)c3)cc2)c1. The Balaban J connectivity index is 1.53. The van der Waals surface area contributed by atoms with Crippen molar-refractivity contribution in [1.82, 2.24) is 0 Å². The van der Waals surface area contributed by atoms with Gasteiger partial charge < -0.3 is 10.6 Å². The minimum atomic E-state index is -0.225. The van der Waals surface area contributed by atoms with E-state index in [0.29, 0.717) is 6.54 Å². The molecule has 0 spiro atoms. The standard InChI is InChI=1S/C20H18FIN2/c21-17-3-1-5-19(11-17)23-13-15-7-9-16(10-8-15)14-24-20-6-2-4-18(22)12-20/h1-12,23-24H,13-14H2. The van der Waals surface area contributed by atoms with Gasteiger partial charge in [-0.2, -0.15) is 0 Å². The number of benzene rings is 3. The highest BCUT2D eigenvalue weighted by Gasteiger charge is 1.98. The van der Waals surface area contributed by atoms with E-state index in [-0.39, 0.29) is 5.82 Å². The molecule has 0 aromatic heterocycles. The van der Waals surface area contributed by atoms with Crippen LogP contribution in [0.5, 0.6) is 0 Å². The van der Waals surface area contributed by atoms with Crippen molar-refractivity contribution in [3.05, 3.63) is 93.3 Å². The molecule has 2 nitrogen and oxygen atoms in total. The van der Waals surface area contributed by atoms with Crippen molar-refractivity contribution in [3.8, 4) is 0 Å². The van der Waals surface area contributed by atoms with Crippen LogP contribution in [0.25, 0.3) is 0 Å². The van der Waals surface area contributed by atoms with Crippen LogP contribution < -0.4 is 10.6 Å². The number of nitrogens with one attached hydrogen (secondary N) is 2. The maximum atomic E-state index is 13.1. The van der Waals surface area contributed by atoms with Crippen LogP contribution in [-0.4, -0.2) is 0 Å². The minimum absolute atomic E-state index is 0.225. The summed E-state index contributed by atoms with van der Waals surface area (Å²) in [5.74, 6) is -0.225. The van der Waals surface area contributed by atoms with E-state index in [1.54, 1.807) is 6.07 Å². The summed E-state index contributed by atoms with van der Waals surface area (Å²) in [6.45, 7) is 1.46. The zero-order valence-corrected chi connectivity index (χ0v) is 15.3. The molecule has 0 heterocycles. The van der Waals surface area contributed by atoms with Crippen molar-refractivity contribution in [2.24, 2.45) is 0 Å².